The number of hydrogen-bond donors (Lipinski definition) is 0. The molecule has 23 heavy (non-hydrogen) atoms. The molecule has 2 atom stereocenters. The Morgan fingerprint density at radius 1 is 1.04 bits per heavy atom. The predicted molar refractivity (Wildman–Crippen MR) is 103 cm³/mol. The molecule has 2 aromatic carbocycles. The Morgan fingerprint density at radius 3 is 2.39 bits per heavy atom. The summed E-state index contributed by atoms with van der Waals surface area (Å²) in [6, 6.07) is 17.6. The van der Waals surface area contributed by atoms with E-state index < -0.39 is 0 Å². The Labute approximate surface area is 141 Å². The van der Waals surface area contributed by atoms with Crippen molar-refractivity contribution in [1.82, 2.24) is 0 Å². The van der Waals surface area contributed by atoms with Gasteiger partial charge in [-0.05, 0) is 48.8 Å². The predicted octanol–water partition coefficient (Wildman–Crippen LogP) is 6.45. The van der Waals surface area contributed by atoms with Crippen molar-refractivity contribution >= 4 is 6.08 Å². The first-order valence-corrected chi connectivity index (χ1v) is 8.44. The Balaban J connectivity index is 2.07. The van der Waals surface area contributed by atoms with Crippen molar-refractivity contribution in [2.45, 2.75) is 34.1 Å². The molecule has 0 heteroatoms. The van der Waals surface area contributed by atoms with Crippen molar-refractivity contribution in [3.8, 4) is 0 Å². The van der Waals surface area contributed by atoms with Gasteiger partial charge in [0.15, 0.2) is 0 Å². The molecule has 2 rings (SSSR count). The van der Waals surface area contributed by atoms with Crippen LogP contribution in [-0.4, -0.2) is 0 Å². The molecule has 0 fully saturated rings. The minimum Gasteiger partial charge on any atom is -0.0998 e. The van der Waals surface area contributed by atoms with E-state index in [1.165, 1.54) is 27.8 Å². The molecular weight excluding hydrogens is 276 g/mol. The molecular formula is C23H28. The molecule has 2 unspecified atom stereocenters. The summed E-state index contributed by atoms with van der Waals surface area (Å²) in [5.74, 6) is 1.02. The lowest BCUT2D eigenvalue weighted by atomic mass is 9.89. The average molecular weight is 304 g/mol. The van der Waals surface area contributed by atoms with Gasteiger partial charge in [-0.3, -0.25) is 0 Å². The topological polar surface area (TPSA) is 0 Å². The molecule has 0 aliphatic heterocycles. The smallest absolute Gasteiger partial charge is 0.00256 e. The van der Waals surface area contributed by atoms with Crippen LogP contribution in [0.5, 0.6) is 0 Å². The molecule has 0 amide bonds. The molecule has 0 bridgehead atoms. The Kier molecular flexibility index (Phi) is 5.98. The zero-order valence-electron chi connectivity index (χ0n) is 14.8. The van der Waals surface area contributed by atoms with E-state index in [4.69, 9.17) is 0 Å². The van der Waals surface area contributed by atoms with Gasteiger partial charge in [0.2, 0.25) is 0 Å². The first-order valence-electron chi connectivity index (χ1n) is 8.44. The highest BCUT2D eigenvalue weighted by molar-refractivity contribution is 5.51. The number of aryl methyl sites for hydroxylation is 1. The number of rotatable bonds is 6. The van der Waals surface area contributed by atoms with E-state index in [2.05, 4.69) is 95.0 Å². The van der Waals surface area contributed by atoms with E-state index in [9.17, 15) is 0 Å². The van der Waals surface area contributed by atoms with E-state index in [1.54, 1.807) is 0 Å². The van der Waals surface area contributed by atoms with Gasteiger partial charge in [-0.15, -0.1) is 0 Å². The van der Waals surface area contributed by atoms with Crippen molar-refractivity contribution in [2.24, 2.45) is 11.8 Å². The number of hydrogen-bond acceptors (Lipinski definition) is 0. The van der Waals surface area contributed by atoms with E-state index in [0.717, 1.165) is 6.42 Å². The summed E-state index contributed by atoms with van der Waals surface area (Å²) in [5, 5.41) is 0. The molecule has 0 aliphatic carbocycles. The van der Waals surface area contributed by atoms with Crippen molar-refractivity contribution in [2.75, 3.05) is 0 Å². The molecule has 2 aromatic rings. The molecule has 0 heterocycles. The van der Waals surface area contributed by atoms with Gasteiger partial charge in [0, 0.05) is 0 Å². The minimum absolute atomic E-state index is 0.508. The third-order valence-electron chi connectivity index (χ3n) is 4.64. The second-order valence-corrected chi connectivity index (χ2v) is 6.76. The molecule has 0 spiro atoms. The van der Waals surface area contributed by atoms with Gasteiger partial charge in [0.25, 0.3) is 0 Å². The van der Waals surface area contributed by atoms with E-state index in [1.807, 2.05) is 0 Å². The Bertz CT molecular complexity index is 673. The lowest BCUT2D eigenvalue weighted by Crippen LogP contribution is -2.05. The fraction of sp³-hybridized carbons (Fsp3) is 0.304. The second kappa shape index (κ2) is 7.97. The summed E-state index contributed by atoms with van der Waals surface area (Å²) in [5.41, 5.74) is 6.55. The fourth-order valence-corrected chi connectivity index (χ4v) is 2.63. The zero-order chi connectivity index (χ0) is 16.8. The first kappa shape index (κ1) is 17.3. The molecule has 0 radical (unpaired) electrons. The zero-order valence-corrected chi connectivity index (χ0v) is 14.8. The first-order chi connectivity index (χ1) is 11.0. The molecule has 0 aromatic heterocycles. The Hall–Kier alpha value is -2.08. The molecule has 0 nitrogen and oxygen atoms in total. The van der Waals surface area contributed by atoms with Crippen LogP contribution in [-0.2, 0) is 6.42 Å². The summed E-state index contributed by atoms with van der Waals surface area (Å²) >= 11 is 0. The Morgan fingerprint density at radius 2 is 1.74 bits per heavy atom. The quantitative estimate of drug-likeness (QED) is 0.538. The van der Waals surface area contributed by atoms with Gasteiger partial charge in [0.05, 0.1) is 0 Å². The fourth-order valence-electron chi connectivity index (χ4n) is 2.63. The van der Waals surface area contributed by atoms with Gasteiger partial charge in [0.1, 0.15) is 0 Å². The standard InChI is InChI=1S/C23H28/c1-17(2)20(5)19(4)11-14-21-7-6-8-23(15-21)16-22-12-9-18(3)10-13-22/h6-15,19-20H,1,16H2,2-5H3/b14-11+. The summed E-state index contributed by atoms with van der Waals surface area (Å²) in [6.07, 6.45) is 5.52. The maximum atomic E-state index is 4.06. The van der Waals surface area contributed by atoms with Crippen molar-refractivity contribution in [3.63, 3.8) is 0 Å². The number of benzene rings is 2. The lowest BCUT2D eigenvalue weighted by molar-refractivity contribution is 0.533. The monoisotopic (exact) mass is 304 g/mol. The van der Waals surface area contributed by atoms with E-state index >= 15 is 0 Å². The highest BCUT2D eigenvalue weighted by Gasteiger charge is 2.09. The molecule has 0 aliphatic rings. The summed E-state index contributed by atoms with van der Waals surface area (Å²) in [7, 11) is 0. The summed E-state index contributed by atoms with van der Waals surface area (Å²) in [4.78, 5) is 0. The van der Waals surface area contributed by atoms with Crippen LogP contribution in [0.4, 0.5) is 0 Å². The van der Waals surface area contributed by atoms with Gasteiger partial charge in [-0.2, -0.15) is 0 Å². The van der Waals surface area contributed by atoms with Crippen LogP contribution in [0.1, 0.15) is 43.0 Å². The summed E-state index contributed by atoms with van der Waals surface area (Å²) in [6.45, 7) is 12.8. The number of allylic oxidation sites excluding steroid dienone is 2. The van der Waals surface area contributed by atoms with Crippen LogP contribution in [0.25, 0.3) is 6.08 Å². The second-order valence-electron chi connectivity index (χ2n) is 6.76. The minimum atomic E-state index is 0.508. The highest BCUT2D eigenvalue weighted by atomic mass is 14.1. The van der Waals surface area contributed by atoms with Crippen LogP contribution in [0.15, 0.2) is 66.8 Å². The average Bonchev–Trinajstić information content (AvgIpc) is 2.54. The van der Waals surface area contributed by atoms with Crippen LogP contribution >= 0.6 is 0 Å². The van der Waals surface area contributed by atoms with Gasteiger partial charge >= 0.3 is 0 Å². The van der Waals surface area contributed by atoms with Crippen molar-refractivity contribution in [3.05, 3.63) is 89.0 Å². The van der Waals surface area contributed by atoms with Crippen molar-refractivity contribution in [1.29, 1.82) is 0 Å². The molecule has 0 saturated carbocycles. The van der Waals surface area contributed by atoms with Gasteiger partial charge in [-0.25, -0.2) is 0 Å². The lowest BCUT2D eigenvalue weighted by Gasteiger charge is -2.16. The van der Waals surface area contributed by atoms with E-state index in [-0.39, 0.29) is 0 Å². The van der Waals surface area contributed by atoms with E-state index in [0.29, 0.717) is 11.8 Å². The normalized spacial score (nSPS) is 13.9. The summed E-state index contributed by atoms with van der Waals surface area (Å²) < 4.78 is 0. The van der Waals surface area contributed by atoms with Gasteiger partial charge in [-0.1, -0.05) is 92.2 Å². The van der Waals surface area contributed by atoms with Crippen molar-refractivity contribution < 1.29 is 0 Å². The maximum Gasteiger partial charge on any atom is -0.00256 e. The highest BCUT2D eigenvalue weighted by Crippen LogP contribution is 2.21. The molecule has 120 valence electrons. The SMILES string of the molecule is C=C(C)C(C)C(C)/C=C/c1cccc(Cc2ccc(C)cc2)c1. The third kappa shape index (κ3) is 5.25. The molecule has 0 N–H and O–H groups in total. The van der Waals surface area contributed by atoms with Gasteiger partial charge < -0.3 is 0 Å². The van der Waals surface area contributed by atoms with Crippen LogP contribution in [0, 0.1) is 18.8 Å². The van der Waals surface area contributed by atoms with Crippen LogP contribution < -0.4 is 0 Å². The largest absolute Gasteiger partial charge is 0.0998 e. The maximum absolute atomic E-state index is 4.06. The molecule has 0 saturated heterocycles. The third-order valence-corrected chi connectivity index (χ3v) is 4.64. The van der Waals surface area contributed by atoms with Crippen LogP contribution in [0.2, 0.25) is 0 Å². The van der Waals surface area contributed by atoms with Crippen LogP contribution in [0.3, 0.4) is 0 Å².